The lowest BCUT2D eigenvalue weighted by Gasteiger charge is -2.11. The number of hydrogen-bond acceptors (Lipinski definition) is 3. The molecule has 3 nitrogen and oxygen atoms in total. The number of terminal acetylenes is 1. The SMILES string of the molecule is C#Cc1ccc2c(c1)N=CNO2. The molecule has 0 aliphatic carbocycles. The van der Waals surface area contributed by atoms with Gasteiger partial charge in [-0.05, 0) is 18.2 Å². The van der Waals surface area contributed by atoms with E-state index < -0.39 is 0 Å². The molecule has 58 valence electrons. The van der Waals surface area contributed by atoms with Crippen molar-refractivity contribution >= 4 is 12.0 Å². The van der Waals surface area contributed by atoms with Gasteiger partial charge in [-0.1, -0.05) is 5.92 Å². The first-order valence-electron chi connectivity index (χ1n) is 3.46. The quantitative estimate of drug-likeness (QED) is 0.576. The van der Waals surface area contributed by atoms with Crippen LogP contribution in [-0.4, -0.2) is 6.34 Å². The van der Waals surface area contributed by atoms with Gasteiger partial charge in [0.2, 0.25) is 0 Å². The van der Waals surface area contributed by atoms with E-state index in [0.717, 1.165) is 11.3 Å². The monoisotopic (exact) mass is 158 g/mol. The highest BCUT2D eigenvalue weighted by molar-refractivity contribution is 5.68. The van der Waals surface area contributed by atoms with Crippen molar-refractivity contribution in [3.63, 3.8) is 0 Å². The van der Waals surface area contributed by atoms with Crippen LogP contribution in [0.2, 0.25) is 0 Å². The molecule has 0 aromatic heterocycles. The molecule has 0 spiro atoms. The van der Waals surface area contributed by atoms with E-state index in [2.05, 4.69) is 16.4 Å². The second-order valence-corrected chi connectivity index (χ2v) is 2.30. The molecule has 0 saturated carbocycles. The van der Waals surface area contributed by atoms with Crippen LogP contribution in [0.4, 0.5) is 5.69 Å². The predicted octanol–water partition coefficient (Wildman–Crippen LogP) is 1.22. The molecular weight excluding hydrogens is 152 g/mol. The summed E-state index contributed by atoms with van der Waals surface area (Å²) in [4.78, 5) is 9.10. The van der Waals surface area contributed by atoms with E-state index in [1.165, 1.54) is 6.34 Å². The van der Waals surface area contributed by atoms with Crippen molar-refractivity contribution in [1.82, 2.24) is 5.48 Å². The van der Waals surface area contributed by atoms with Crippen molar-refractivity contribution in [2.45, 2.75) is 0 Å². The van der Waals surface area contributed by atoms with E-state index in [9.17, 15) is 0 Å². The van der Waals surface area contributed by atoms with Crippen LogP contribution in [0.1, 0.15) is 5.56 Å². The minimum absolute atomic E-state index is 0.691. The van der Waals surface area contributed by atoms with Crippen LogP contribution in [0.5, 0.6) is 5.75 Å². The largest absolute Gasteiger partial charge is 0.379 e. The highest BCUT2D eigenvalue weighted by atomic mass is 16.6. The molecule has 0 fully saturated rings. The van der Waals surface area contributed by atoms with Gasteiger partial charge in [0.1, 0.15) is 12.0 Å². The molecule has 1 N–H and O–H groups in total. The molecular formula is C9H6N2O. The molecule has 1 aliphatic rings. The number of aliphatic imine (C=N–C) groups is 1. The van der Waals surface area contributed by atoms with Crippen LogP contribution in [0.25, 0.3) is 0 Å². The number of rotatable bonds is 0. The summed E-state index contributed by atoms with van der Waals surface area (Å²) in [7, 11) is 0. The maximum Gasteiger partial charge on any atom is 0.180 e. The molecule has 12 heavy (non-hydrogen) atoms. The average molecular weight is 158 g/mol. The van der Waals surface area contributed by atoms with Crippen LogP contribution in [0.15, 0.2) is 23.2 Å². The Morgan fingerprint density at radius 1 is 1.50 bits per heavy atom. The third kappa shape index (κ3) is 0.995. The van der Waals surface area contributed by atoms with Crippen LogP contribution in [0.3, 0.4) is 0 Å². The van der Waals surface area contributed by atoms with Gasteiger partial charge in [-0.15, -0.1) is 6.42 Å². The van der Waals surface area contributed by atoms with E-state index in [1.54, 1.807) is 18.2 Å². The topological polar surface area (TPSA) is 33.6 Å². The summed E-state index contributed by atoms with van der Waals surface area (Å²) in [5.74, 6) is 3.22. The van der Waals surface area contributed by atoms with E-state index in [1.807, 2.05) is 0 Å². The lowest BCUT2D eigenvalue weighted by Crippen LogP contribution is -2.18. The van der Waals surface area contributed by atoms with Crippen LogP contribution < -0.4 is 10.3 Å². The van der Waals surface area contributed by atoms with Gasteiger partial charge >= 0.3 is 0 Å². The summed E-state index contributed by atoms with van der Waals surface area (Å²) >= 11 is 0. The summed E-state index contributed by atoms with van der Waals surface area (Å²) in [6, 6.07) is 5.39. The third-order valence-corrected chi connectivity index (χ3v) is 1.55. The summed E-state index contributed by atoms with van der Waals surface area (Å²) in [6.45, 7) is 0. The number of nitrogens with one attached hydrogen (secondary N) is 1. The van der Waals surface area contributed by atoms with E-state index in [-0.39, 0.29) is 0 Å². The zero-order valence-electron chi connectivity index (χ0n) is 6.24. The fraction of sp³-hybridized carbons (Fsp3) is 0. The Morgan fingerprint density at radius 2 is 2.42 bits per heavy atom. The summed E-state index contributed by atoms with van der Waals surface area (Å²) in [5, 5.41) is 0. The molecule has 0 atom stereocenters. The second kappa shape index (κ2) is 2.59. The highest BCUT2D eigenvalue weighted by Gasteiger charge is 2.05. The van der Waals surface area contributed by atoms with Crippen molar-refractivity contribution in [1.29, 1.82) is 0 Å². The van der Waals surface area contributed by atoms with Crippen molar-refractivity contribution in [2.24, 2.45) is 4.99 Å². The Hall–Kier alpha value is -1.95. The number of hydrogen-bond donors (Lipinski definition) is 1. The zero-order chi connectivity index (χ0) is 8.39. The van der Waals surface area contributed by atoms with Crippen LogP contribution >= 0.6 is 0 Å². The lowest BCUT2D eigenvalue weighted by molar-refractivity contribution is 0.264. The second-order valence-electron chi connectivity index (χ2n) is 2.30. The molecule has 0 bridgehead atoms. The van der Waals surface area contributed by atoms with Gasteiger partial charge in [0, 0.05) is 5.56 Å². The van der Waals surface area contributed by atoms with Crippen LogP contribution in [-0.2, 0) is 0 Å². The normalized spacial score (nSPS) is 12.2. The Morgan fingerprint density at radius 3 is 3.25 bits per heavy atom. The molecule has 0 unspecified atom stereocenters. The van der Waals surface area contributed by atoms with Crippen molar-refractivity contribution < 1.29 is 4.84 Å². The molecule has 2 rings (SSSR count). The molecule has 1 heterocycles. The minimum Gasteiger partial charge on any atom is -0.379 e. The number of hydroxylamine groups is 1. The van der Waals surface area contributed by atoms with Gasteiger partial charge in [0.05, 0.1) is 0 Å². The van der Waals surface area contributed by atoms with Crippen LogP contribution in [0, 0.1) is 12.3 Å². The molecule has 1 aromatic carbocycles. The minimum atomic E-state index is 0.691. The smallest absolute Gasteiger partial charge is 0.180 e. The summed E-state index contributed by atoms with van der Waals surface area (Å²) in [6.07, 6.45) is 6.70. The van der Waals surface area contributed by atoms with Crippen molar-refractivity contribution in [2.75, 3.05) is 0 Å². The number of benzene rings is 1. The average Bonchev–Trinajstić information content (AvgIpc) is 2.17. The van der Waals surface area contributed by atoms with Gasteiger partial charge in [-0.25, -0.2) is 10.5 Å². The Labute approximate surface area is 70.0 Å². The Kier molecular flexibility index (Phi) is 1.45. The van der Waals surface area contributed by atoms with E-state index >= 15 is 0 Å². The molecule has 1 aromatic rings. The molecule has 0 amide bonds. The predicted molar refractivity (Wildman–Crippen MR) is 46.3 cm³/mol. The summed E-state index contributed by atoms with van der Waals surface area (Å²) in [5.41, 5.74) is 4.09. The first kappa shape index (κ1) is 6.74. The van der Waals surface area contributed by atoms with Gasteiger partial charge in [-0.2, -0.15) is 0 Å². The van der Waals surface area contributed by atoms with E-state index in [4.69, 9.17) is 11.3 Å². The Bertz CT molecular complexity index is 377. The third-order valence-electron chi connectivity index (χ3n) is 1.55. The van der Waals surface area contributed by atoms with Gasteiger partial charge in [-0.3, -0.25) is 0 Å². The number of fused-ring (bicyclic) bond motifs is 1. The zero-order valence-corrected chi connectivity index (χ0v) is 6.24. The maximum absolute atomic E-state index is 5.22. The molecule has 1 aliphatic heterocycles. The Balaban J connectivity index is 2.53. The standard InChI is InChI=1S/C9H6N2O/c1-2-7-3-4-9-8(5-7)10-6-11-12-9/h1,3-6H,(H,10,11). The first-order chi connectivity index (χ1) is 5.90. The highest BCUT2D eigenvalue weighted by Crippen LogP contribution is 2.28. The fourth-order valence-corrected chi connectivity index (χ4v) is 0.980. The molecule has 3 heteroatoms. The van der Waals surface area contributed by atoms with Gasteiger partial charge in [0.15, 0.2) is 5.75 Å². The molecule has 0 saturated heterocycles. The van der Waals surface area contributed by atoms with Gasteiger partial charge in [0.25, 0.3) is 0 Å². The first-order valence-corrected chi connectivity index (χ1v) is 3.46. The maximum atomic E-state index is 5.22. The summed E-state index contributed by atoms with van der Waals surface area (Å²) < 4.78 is 0. The van der Waals surface area contributed by atoms with Gasteiger partial charge < -0.3 is 4.84 Å². The van der Waals surface area contributed by atoms with E-state index in [0.29, 0.717) is 5.75 Å². The van der Waals surface area contributed by atoms with Crippen molar-refractivity contribution in [3.05, 3.63) is 23.8 Å². The van der Waals surface area contributed by atoms with Crippen molar-refractivity contribution in [3.8, 4) is 18.1 Å². The number of nitrogens with zero attached hydrogens (tertiary/aromatic N) is 1. The molecule has 0 radical (unpaired) electrons. The fourth-order valence-electron chi connectivity index (χ4n) is 0.980. The lowest BCUT2D eigenvalue weighted by atomic mass is 10.2.